The Kier molecular flexibility index (Phi) is 3.10. The Hall–Kier alpha value is -2.07. The average molecular weight is 288 g/mol. The molecule has 1 aromatic carbocycles. The number of aryl methyl sites for hydroxylation is 2. The van der Waals surface area contributed by atoms with E-state index in [-0.39, 0.29) is 5.56 Å². The summed E-state index contributed by atoms with van der Waals surface area (Å²) in [6.45, 7) is 2.33. The van der Waals surface area contributed by atoms with Gasteiger partial charge in [-0.25, -0.2) is 0 Å². The fourth-order valence-corrected chi connectivity index (χ4v) is 2.65. The summed E-state index contributed by atoms with van der Waals surface area (Å²) in [5.41, 5.74) is 2.59. The Morgan fingerprint density at radius 3 is 2.65 bits per heavy atom. The first-order valence-electron chi connectivity index (χ1n) is 6.34. The lowest BCUT2D eigenvalue weighted by Gasteiger charge is -2.09. The third-order valence-corrected chi connectivity index (χ3v) is 3.96. The molecule has 0 saturated carbocycles. The molecule has 0 aliphatic heterocycles. The van der Waals surface area contributed by atoms with Crippen LogP contribution < -0.4 is 5.56 Å². The minimum atomic E-state index is -0.0389. The third-order valence-electron chi connectivity index (χ3n) is 3.49. The van der Waals surface area contributed by atoms with Crippen LogP contribution in [0.3, 0.4) is 0 Å². The van der Waals surface area contributed by atoms with Crippen LogP contribution in [0.2, 0.25) is 5.15 Å². The van der Waals surface area contributed by atoms with Crippen LogP contribution in [0.5, 0.6) is 0 Å². The van der Waals surface area contributed by atoms with Crippen molar-refractivity contribution in [2.24, 2.45) is 7.05 Å². The highest BCUT2D eigenvalue weighted by Gasteiger charge is 2.13. The van der Waals surface area contributed by atoms with Gasteiger partial charge in [-0.3, -0.25) is 9.48 Å². The van der Waals surface area contributed by atoms with Crippen LogP contribution >= 0.6 is 11.6 Å². The summed E-state index contributed by atoms with van der Waals surface area (Å²) in [6, 6.07) is 11.2. The highest BCUT2D eigenvalue weighted by Crippen LogP contribution is 2.21. The normalized spacial score (nSPS) is 11.2. The maximum atomic E-state index is 12.2. The number of fused-ring (bicyclic) bond motifs is 1. The zero-order valence-electron chi connectivity index (χ0n) is 11.3. The Bertz CT molecular complexity index is 848. The van der Waals surface area contributed by atoms with E-state index in [1.165, 1.54) is 0 Å². The van der Waals surface area contributed by atoms with E-state index in [0.29, 0.717) is 11.7 Å². The fraction of sp³-hybridized carbons (Fsp3) is 0.200. The zero-order chi connectivity index (χ0) is 14.3. The summed E-state index contributed by atoms with van der Waals surface area (Å²) in [6.07, 6.45) is 0. The summed E-state index contributed by atoms with van der Waals surface area (Å²) in [5.74, 6) is 0. The molecule has 4 nitrogen and oxygen atoms in total. The van der Waals surface area contributed by atoms with Crippen LogP contribution in [0.25, 0.3) is 10.9 Å². The van der Waals surface area contributed by atoms with Crippen LogP contribution in [-0.2, 0) is 13.6 Å². The molecule has 0 N–H and O–H groups in total. The molecule has 102 valence electrons. The molecule has 0 radical (unpaired) electrons. The van der Waals surface area contributed by atoms with Gasteiger partial charge in [0.15, 0.2) is 0 Å². The molecular formula is C15H14ClN3O. The number of halogens is 1. The van der Waals surface area contributed by atoms with Crippen LogP contribution in [0, 0.1) is 6.92 Å². The van der Waals surface area contributed by atoms with Gasteiger partial charge in [0.05, 0.1) is 17.8 Å². The summed E-state index contributed by atoms with van der Waals surface area (Å²) in [7, 11) is 1.80. The lowest BCUT2D eigenvalue weighted by molar-refractivity contribution is 0.756. The van der Waals surface area contributed by atoms with Crippen LogP contribution in [0.4, 0.5) is 0 Å². The first kappa shape index (κ1) is 12.9. The quantitative estimate of drug-likeness (QED) is 0.727. The van der Waals surface area contributed by atoms with E-state index in [2.05, 4.69) is 5.10 Å². The lowest BCUT2D eigenvalue weighted by Crippen LogP contribution is -2.20. The smallest absolute Gasteiger partial charge is 0.251 e. The molecule has 3 aromatic rings. The Morgan fingerprint density at radius 2 is 1.95 bits per heavy atom. The lowest BCUT2D eigenvalue weighted by atomic mass is 10.2. The minimum absolute atomic E-state index is 0.0389. The standard InChI is InChI=1S/C15H14ClN3O/c1-10-12(15(16)18(2)17-10)9-19-13-6-4-3-5-11(13)7-8-14(19)20/h3-8H,9H2,1-2H3. The summed E-state index contributed by atoms with van der Waals surface area (Å²) >= 11 is 6.25. The molecule has 2 heterocycles. The molecule has 5 heteroatoms. The molecule has 3 rings (SSSR count). The Balaban J connectivity index is 2.20. The van der Waals surface area contributed by atoms with Gasteiger partial charge in [-0.05, 0) is 24.4 Å². The van der Waals surface area contributed by atoms with E-state index >= 15 is 0 Å². The van der Waals surface area contributed by atoms with Crippen LogP contribution in [0.1, 0.15) is 11.3 Å². The number of aromatic nitrogens is 3. The van der Waals surface area contributed by atoms with Gasteiger partial charge >= 0.3 is 0 Å². The second kappa shape index (κ2) is 4.80. The first-order valence-corrected chi connectivity index (χ1v) is 6.72. The summed E-state index contributed by atoms with van der Waals surface area (Å²) in [4.78, 5) is 12.2. The predicted molar refractivity (Wildman–Crippen MR) is 80.3 cm³/mol. The highest BCUT2D eigenvalue weighted by molar-refractivity contribution is 6.30. The van der Waals surface area contributed by atoms with Crippen molar-refractivity contribution in [2.75, 3.05) is 0 Å². The van der Waals surface area contributed by atoms with E-state index in [0.717, 1.165) is 22.2 Å². The van der Waals surface area contributed by atoms with Gasteiger partial charge in [-0.15, -0.1) is 0 Å². The van der Waals surface area contributed by atoms with Crippen LogP contribution in [0.15, 0.2) is 41.2 Å². The van der Waals surface area contributed by atoms with Crippen molar-refractivity contribution in [3.8, 4) is 0 Å². The van der Waals surface area contributed by atoms with Gasteiger partial charge in [0.25, 0.3) is 5.56 Å². The monoisotopic (exact) mass is 287 g/mol. The van der Waals surface area contributed by atoms with Gasteiger partial charge in [0, 0.05) is 18.7 Å². The number of hydrogen-bond acceptors (Lipinski definition) is 2. The number of rotatable bonds is 2. The topological polar surface area (TPSA) is 39.8 Å². The van der Waals surface area contributed by atoms with Gasteiger partial charge in [-0.1, -0.05) is 29.8 Å². The molecule has 0 fully saturated rings. The highest BCUT2D eigenvalue weighted by atomic mass is 35.5. The fourth-order valence-electron chi connectivity index (χ4n) is 2.42. The molecule has 20 heavy (non-hydrogen) atoms. The maximum absolute atomic E-state index is 12.2. The van der Waals surface area contributed by atoms with Crippen molar-refractivity contribution in [2.45, 2.75) is 13.5 Å². The molecule has 0 atom stereocenters. The van der Waals surface area contributed by atoms with Crippen molar-refractivity contribution in [3.05, 3.63) is 63.2 Å². The average Bonchev–Trinajstić information content (AvgIpc) is 2.68. The van der Waals surface area contributed by atoms with E-state index in [1.807, 2.05) is 37.3 Å². The van der Waals surface area contributed by atoms with Gasteiger partial charge < -0.3 is 4.57 Å². The van der Waals surface area contributed by atoms with Gasteiger partial charge in [-0.2, -0.15) is 5.10 Å². The maximum Gasteiger partial charge on any atom is 0.251 e. The molecule has 0 spiro atoms. The van der Waals surface area contributed by atoms with E-state index in [1.54, 1.807) is 22.4 Å². The third kappa shape index (κ3) is 2.02. The molecule has 0 aliphatic carbocycles. The van der Waals surface area contributed by atoms with E-state index in [9.17, 15) is 4.79 Å². The molecule has 2 aromatic heterocycles. The molecular weight excluding hydrogens is 274 g/mol. The Labute approximate surface area is 121 Å². The SMILES string of the molecule is Cc1nn(C)c(Cl)c1Cn1c(=O)ccc2ccccc21. The molecule has 0 bridgehead atoms. The molecule has 0 unspecified atom stereocenters. The number of pyridine rings is 1. The molecule has 0 amide bonds. The Morgan fingerprint density at radius 1 is 1.20 bits per heavy atom. The summed E-state index contributed by atoms with van der Waals surface area (Å²) in [5, 5.41) is 5.89. The number of nitrogens with zero attached hydrogens (tertiary/aromatic N) is 3. The van der Waals surface area contributed by atoms with Crippen molar-refractivity contribution in [1.82, 2.24) is 14.3 Å². The zero-order valence-corrected chi connectivity index (χ0v) is 12.1. The largest absolute Gasteiger partial charge is 0.304 e. The summed E-state index contributed by atoms with van der Waals surface area (Å²) < 4.78 is 3.35. The molecule has 0 aliphatic rings. The number of para-hydroxylation sites is 1. The predicted octanol–water partition coefficient (Wildman–Crippen LogP) is 2.75. The van der Waals surface area contributed by atoms with E-state index in [4.69, 9.17) is 11.6 Å². The van der Waals surface area contributed by atoms with Crippen molar-refractivity contribution in [1.29, 1.82) is 0 Å². The first-order chi connectivity index (χ1) is 9.58. The number of hydrogen-bond donors (Lipinski definition) is 0. The van der Waals surface area contributed by atoms with Gasteiger partial charge in [0.2, 0.25) is 0 Å². The van der Waals surface area contributed by atoms with Crippen molar-refractivity contribution < 1.29 is 0 Å². The second-order valence-electron chi connectivity index (χ2n) is 4.79. The van der Waals surface area contributed by atoms with Crippen LogP contribution in [-0.4, -0.2) is 14.3 Å². The van der Waals surface area contributed by atoms with E-state index < -0.39 is 0 Å². The minimum Gasteiger partial charge on any atom is -0.304 e. The van der Waals surface area contributed by atoms with Crippen molar-refractivity contribution >= 4 is 22.5 Å². The van der Waals surface area contributed by atoms with Crippen molar-refractivity contribution in [3.63, 3.8) is 0 Å². The molecule has 0 saturated heterocycles. The van der Waals surface area contributed by atoms with Gasteiger partial charge in [0.1, 0.15) is 5.15 Å². The number of benzene rings is 1. The second-order valence-corrected chi connectivity index (χ2v) is 5.15.